The largest absolute Gasteiger partial charge is 0.493 e. The van der Waals surface area contributed by atoms with Gasteiger partial charge in [-0.25, -0.2) is 0 Å². The first-order valence-electron chi connectivity index (χ1n) is 12.2. The number of nitrogens with zero attached hydrogens (tertiary/aromatic N) is 3. The van der Waals surface area contributed by atoms with Gasteiger partial charge in [0.2, 0.25) is 5.75 Å². The van der Waals surface area contributed by atoms with Crippen LogP contribution >= 0.6 is 0 Å². The lowest BCUT2D eigenvalue weighted by Crippen LogP contribution is -2.44. The molecule has 0 aromatic heterocycles. The van der Waals surface area contributed by atoms with Gasteiger partial charge in [-0.2, -0.15) is 10.5 Å². The maximum atomic E-state index is 14.4. The fraction of sp³-hybridized carbons (Fsp3) is 0.258. The first kappa shape index (κ1) is 24.9. The number of anilines is 1. The molecule has 2 heterocycles. The predicted molar refractivity (Wildman–Crippen MR) is 144 cm³/mol. The number of ether oxygens (including phenoxy) is 3. The van der Waals surface area contributed by atoms with Gasteiger partial charge in [0.05, 0.1) is 39.5 Å². The summed E-state index contributed by atoms with van der Waals surface area (Å²) in [4.78, 5) is 16.3. The molecule has 0 radical (unpaired) electrons. The predicted octanol–water partition coefficient (Wildman–Crippen LogP) is 5.31. The SMILES string of the molecule is COc1cc([C@H]2[C@H](C(=O)c3ccc(C)cc3)N3c4ccccc4C=C[C@H]3C2(C#N)C#N)cc(OC)c1OC. The number of carbonyl (C=O) groups excluding carboxylic acids is 1. The third kappa shape index (κ3) is 3.59. The van der Waals surface area contributed by atoms with E-state index in [9.17, 15) is 15.3 Å². The molecule has 7 nitrogen and oxygen atoms in total. The highest BCUT2D eigenvalue weighted by atomic mass is 16.5. The summed E-state index contributed by atoms with van der Waals surface area (Å²) in [5.41, 5.74) is 2.25. The van der Waals surface area contributed by atoms with Crippen LogP contribution in [0.15, 0.2) is 66.7 Å². The molecule has 2 aliphatic rings. The summed E-state index contributed by atoms with van der Waals surface area (Å²) in [5, 5.41) is 21.3. The fourth-order valence-corrected chi connectivity index (χ4v) is 5.78. The molecule has 190 valence electrons. The van der Waals surface area contributed by atoms with Gasteiger partial charge in [0, 0.05) is 17.2 Å². The van der Waals surface area contributed by atoms with E-state index in [1.807, 2.05) is 60.4 Å². The summed E-state index contributed by atoms with van der Waals surface area (Å²) in [7, 11) is 4.53. The molecule has 3 atom stereocenters. The van der Waals surface area contributed by atoms with Crippen LogP contribution in [0.1, 0.15) is 33.0 Å². The molecule has 5 rings (SSSR count). The molecule has 0 aliphatic carbocycles. The van der Waals surface area contributed by atoms with E-state index in [0.717, 1.165) is 16.8 Å². The topological polar surface area (TPSA) is 95.6 Å². The molecule has 0 N–H and O–H groups in total. The van der Waals surface area contributed by atoms with E-state index in [4.69, 9.17) is 14.2 Å². The fourth-order valence-electron chi connectivity index (χ4n) is 5.78. The number of nitriles is 2. The zero-order valence-electron chi connectivity index (χ0n) is 21.6. The van der Waals surface area contributed by atoms with Crippen LogP contribution in [0.4, 0.5) is 5.69 Å². The van der Waals surface area contributed by atoms with Crippen LogP contribution in [-0.2, 0) is 0 Å². The molecule has 1 fully saturated rings. The van der Waals surface area contributed by atoms with E-state index in [0.29, 0.717) is 28.4 Å². The summed E-state index contributed by atoms with van der Waals surface area (Å²) >= 11 is 0. The Bertz CT molecular complexity index is 1470. The monoisotopic (exact) mass is 505 g/mol. The average Bonchev–Trinajstić information content (AvgIpc) is 3.27. The first-order valence-corrected chi connectivity index (χ1v) is 12.2. The average molecular weight is 506 g/mol. The summed E-state index contributed by atoms with van der Waals surface area (Å²) < 4.78 is 16.7. The minimum absolute atomic E-state index is 0.175. The summed E-state index contributed by atoms with van der Waals surface area (Å²) in [6.45, 7) is 1.96. The Morgan fingerprint density at radius 2 is 1.55 bits per heavy atom. The zero-order chi connectivity index (χ0) is 27.0. The Labute approximate surface area is 222 Å². The maximum Gasteiger partial charge on any atom is 0.203 e. The van der Waals surface area contributed by atoms with Crippen molar-refractivity contribution in [3.63, 3.8) is 0 Å². The number of aryl methyl sites for hydroxylation is 1. The summed E-state index contributed by atoms with van der Waals surface area (Å²) in [5.74, 6) is 0.149. The molecule has 3 aromatic carbocycles. The van der Waals surface area contributed by atoms with Crippen molar-refractivity contribution in [2.24, 2.45) is 5.41 Å². The quantitative estimate of drug-likeness (QED) is 0.419. The van der Waals surface area contributed by atoms with Gasteiger partial charge in [-0.05, 0) is 36.2 Å². The van der Waals surface area contributed by atoms with Crippen molar-refractivity contribution in [3.8, 4) is 29.4 Å². The highest BCUT2D eigenvalue weighted by Crippen LogP contribution is 2.57. The number of Topliss-reactive ketones (excluding diaryl/α,β-unsaturated/α-hetero) is 1. The van der Waals surface area contributed by atoms with Crippen LogP contribution in [0.25, 0.3) is 6.08 Å². The van der Waals surface area contributed by atoms with Gasteiger partial charge in [0.25, 0.3) is 0 Å². The molecule has 3 aromatic rings. The minimum atomic E-state index is -1.58. The van der Waals surface area contributed by atoms with E-state index >= 15 is 0 Å². The Morgan fingerprint density at radius 3 is 2.13 bits per heavy atom. The van der Waals surface area contributed by atoms with Gasteiger partial charge < -0.3 is 19.1 Å². The van der Waals surface area contributed by atoms with Gasteiger partial charge in [-0.3, -0.25) is 4.79 Å². The number of methoxy groups -OCH3 is 3. The summed E-state index contributed by atoms with van der Waals surface area (Å²) in [6.07, 6.45) is 3.78. The number of fused-ring (bicyclic) bond motifs is 3. The van der Waals surface area contributed by atoms with Crippen LogP contribution < -0.4 is 19.1 Å². The molecule has 0 amide bonds. The van der Waals surface area contributed by atoms with Gasteiger partial charge in [-0.1, -0.05) is 60.2 Å². The highest BCUT2D eigenvalue weighted by Gasteiger charge is 2.63. The van der Waals surface area contributed by atoms with Crippen LogP contribution in [-0.4, -0.2) is 39.2 Å². The van der Waals surface area contributed by atoms with Crippen LogP contribution in [0.5, 0.6) is 17.2 Å². The van der Waals surface area contributed by atoms with E-state index in [2.05, 4.69) is 12.1 Å². The maximum absolute atomic E-state index is 14.4. The van der Waals surface area contributed by atoms with E-state index in [-0.39, 0.29) is 5.78 Å². The molecule has 0 unspecified atom stereocenters. The van der Waals surface area contributed by atoms with E-state index in [1.165, 1.54) is 21.3 Å². The highest BCUT2D eigenvalue weighted by molar-refractivity contribution is 6.04. The molecule has 7 heteroatoms. The molecule has 0 saturated carbocycles. The minimum Gasteiger partial charge on any atom is -0.493 e. The van der Waals surface area contributed by atoms with Crippen molar-refractivity contribution < 1.29 is 19.0 Å². The zero-order valence-corrected chi connectivity index (χ0v) is 21.6. The Balaban J connectivity index is 1.81. The Morgan fingerprint density at radius 1 is 0.921 bits per heavy atom. The number of hydrogen-bond acceptors (Lipinski definition) is 7. The van der Waals surface area contributed by atoms with Gasteiger partial charge in [0.15, 0.2) is 22.7 Å². The summed E-state index contributed by atoms with van der Waals surface area (Å²) in [6, 6.07) is 21.7. The third-order valence-electron chi connectivity index (χ3n) is 7.57. The second kappa shape index (κ2) is 9.61. The molecule has 2 aliphatic heterocycles. The van der Waals surface area contributed by atoms with Crippen molar-refractivity contribution in [1.82, 2.24) is 0 Å². The molecule has 0 spiro atoms. The second-order valence-corrected chi connectivity index (χ2v) is 9.47. The number of hydrogen-bond donors (Lipinski definition) is 0. The van der Waals surface area contributed by atoms with Crippen molar-refractivity contribution in [1.29, 1.82) is 10.5 Å². The lowest BCUT2D eigenvalue weighted by Gasteiger charge is -2.35. The number of benzene rings is 3. The molecule has 0 bridgehead atoms. The molecule has 38 heavy (non-hydrogen) atoms. The molecular weight excluding hydrogens is 478 g/mol. The normalized spacial score (nSPS) is 20.5. The molecular formula is C31H27N3O4. The first-order chi connectivity index (χ1) is 18.4. The Kier molecular flexibility index (Phi) is 6.30. The van der Waals surface area contributed by atoms with Gasteiger partial charge >= 0.3 is 0 Å². The number of carbonyl (C=O) groups is 1. The van der Waals surface area contributed by atoms with E-state index in [1.54, 1.807) is 24.3 Å². The number of ketones is 1. The smallest absolute Gasteiger partial charge is 0.203 e. The number of rotatable bonds is 6. The van der Waals surface area contributed by atoms with Crippen molar-refractivity contribution in [2.75, 3.05) is 26.2 Å². The van der Waals surface area contributed by atoms with Gasteiger partial charge in [0.1, 0.15) is 6.04 Å². The van der Waals surface area contributed by atoms with Crippen molar-refractivity contribution in [3.05, 3.63) is 89.0 Å². The molecule has 1 saturated heterocycles. The standard InChI is InChI=1S/C31H27N3O4/c1-19-9-11-21(12-10-19)29(35)28-27(22-15-24(36-2)30(38-4)25(16-22)37-3)31(17-32,18-33)26-14-13-20-7-5-6-8-23(20)34(26)28/h5-16,26-28H,1-4H3/t26-,27-,28+/m0/s1. The lowest BCUT2D eigenvalue weighted by atomic mass is 9.69. The third-order valence-corrected chi connectivity index (χ3v) is 7.57. The van der Waals surface area contributed by atoms with Crippen molar-refractivity contribution >= 4 is 17.5 Å². The van der Waals surface area contributed by atoms with Crippen LogP contribution in [0, 0.1) is 35.0 Å². The number of para-hydroxylation sites is 1. The van der Waals surface area contributed by atoms with Crippen molar-refractivity contribution in [2.45, 2.75) is 24.9 Å². The van der Waals surface area contributed by atoms with Crippen LogP contribution in [0.3, 0.4) is 0 Å². The van der Waals surface area contributed by atoms with Crippen LogP contribution in [0.2, 0.25) is 0 Å². The lowest BCUT2D eigenvalue weighted by molar-refractivity contribution is 0.0950. The second-order valence-electron chi connectivity index (χ2n) is 9.47. The Hall–Kier alpha value is -4.75. The van der Waals surface area contributed by atoms with E-state index < -0.39 is 23.4 Å². The van der Waals surface area contributed by atoms with Gasteiger partial charge in [-0.15, -0.1) is 0 Å².